The molecule has 1 aliphatic rings. The first-order valence-electron chi connectivity index (χ1n) is 13.3. The molecule has 0 bridgehead atoms. The molecule has 4 aromatic rings. The monoisotopic (exact) mass is 619 g/mol. The number of benzene rings is 3. The first-order valence-corrected chi connectivity index (χ1v) is 14.1. The molecule has 0 saturated carbocycles. The summed E-state index contributed by atoms with van der Waals surface area (Å²) in [7, 11) is 3.42. The van der Waals surface area contributed by atoms with Crippen LogP contribution in [0.4, 0.5) is 9.18 Å². The van der Waals surface area contributed by atoms with Gasteiger partial charge in [0.25, 0.3) is 0 Å². The molecule has 1 N–H and O–H groups in total. The van der Waals surface area contributed by atoms with Crippen LogP contribution in [-0.2, 0) is 17.9 Å². The van der Waals surface area contributed by atoms with E-state index in [1.165, 1.54) is 17.0 Å². The highest BCUT2D eigenvalue weighted by Crippen LogP contribution is 2.36. The largest absolute Gasteiger partial charge is 0.457 e. The maximum atomic E-state index is 14.1. The second kappa shape index (κ2) is 12.6. The van der Waals surface area contributed by atoms with Gasteiger partial charge in [0.05, 0.1) is 25.3 Å². The molecule has 0 spiro atoms. The molecule has 10 heteroatoms. The number of aromatic nitrogens is 2. The number of halogens is 2. The van der Waals surface area contributed by atoms with Crippen LogP contribution in [0.25, 0.3) is 0 Å². The van der Waals surface area contributed by atoms with Crippen LogP contribution in [0.5, 0.6) is 11.5 Å². The highest BCUT2D eigenvalue weighted by Gasteiger charge is 2.39. The summed E-state index contributed by atoms with van der Waals surface area (Å²) in [4.78, 5) is 28.9. The van der Waals surface area contributed by atoms with E-state index in [9.17, 15) is 14.0 Å². The van der Waals surface area contributed by atoms with Crippen molar-refractivity contribution in [2.45, 2.75) is 25.6 Å². The van der Waals surface area contributed by atoms with Crippen LogP contribution in [0.1, 0.15) is 29.2 Å². The van der Waals surface area contributed by atoms with Gasteiger partial charge in [-0.05, 0) is 48.0 Å². The van der Waals surface area contributed by atoms with E-state index in [4.69, 9.17) is 4.74 Å². The van der Waals surface area contributed by atoms with E-state index < -0.39 is 5.82 Å². The van der Waals surface area contributed by atoms with E-state index in [0.717, 1.165) is 15.6 Å². The lowest BCUT2D eigenvalue weighted by molar-refractivity contribution is -0.127. The van der Waals surface area contributed by atoms with Gasteiger partial charge >= 0.3 is 6.03 Å². The van der Waals surface area contributed by atoms with Crippen molar-refractivity contribution in [1.29, 1.82) is 0 Å². The van der Waals surface area contributed by atoms with Crippen LogP contribution in [0.3, 0.4) is 0 Å². The van der Waals surface area contributed by atoms with Crippen LogP contribution < -0.4 is 10.1 Å². The van der Waals surface area contributed by atoms with Crippen molar-refractivity contribution < 1.29 is 18.7 Å². The number of hydrogen-bond donors (Lipinski definition) is 1. The van der Waals surface area contributed by atoms with Gasteiger partial charge in [-0.25, -0.2) is 9.18 Å². The molecule has 1 saturated heterocycles. The lowest BCUT2D eigenvalue weighted by Gasteiger charge is -2.25. The average Bonchev–Trinajstić information content (AvgIpc) is 3.53. The number of ether oxygens (including phenoxy) is 1. The Kier molecular flexibility index (Phi) is 8.68. The van der Waals surface area contributed by atoms with E-state index in [1.807, 2.05) is 53.3 Å². The number of hydrogen-bond acceptors (Lipinski definition) is 4. The minimum atomic E-state index is -0.417. The van der Waals surface area contributed by atoms with Gasteiger partial charge in [0.15, 0.2) is 0 Å². The molecule has 41 heavy (non-hydrogen) atoms. The van der Waals surface area contributed by atoms with Crippen LogP contribution in [0.2, 0.25) is 0 Å². The standard InChI is InChI=1S/C31H31BrFN5O3/c1-36(19-23-14-26(33)10-13-28(23)41-27-11-8-25(32)9-12-27)31(40)34-16-22-15-29(39)37(2)30(22)24-17-35-38(20-24)18-21-6-4-3-5-7-21/h3-14,17,20,22,30H,15-16,18-19H2,1-2H3,(H,34,40)/t22-,30+/m0/s1. The predicted molar refractivity (Wildman–Crippen MR) is 157 cm³/mol. The minimum absolute atomic E-state index is 0.0212. The lowest BCUT2D eigenvalue weighted by Crippen LogP contribution is -2.40. The van der Waals surface area contributed by atoms with Crippen LogP contribution in [0, 0.1) is 11.7 Å². The number of urea groups is 1. The molecular weight excluding hydrogens is 589 g/mol. The maximum Gasteiger partial charge on any atom is 0.317 e. The Labute approximate surface area is 246 Å². The lowest BCUT2D eigenvalue weighted by atomic mass is 9.96. The Bertz CT molecular complexity index is 1510. The van der Waals surface area contributed by atoms with Crippen LogP contribution in [0.15, 0.2) is 89.7 Å². The van der Waals surface area contributed by atoms with Crippen LogP contribution >= 0.6 is 15.9 Å². The topological polar surface area (TPSA) is 79.7 Å². The fourth-order valence-corrected chi connectivity index (χ4v) is 5.37. The third-order valence-electron chi connectivity index (χ3n) is 7.21. The number of likely N-dealkylation sites (tertiary alicyclic amines) is 1. The van der Waals surface area contributed by atoms with Gasteiger partial charge in [0, 0.05) is 54.8 Å². The van der Waals surface area contributed by atoms with Gasteiger partial charge in [0.2, 0.25) is 5.91 Å². The number of amides is 3. The molecule has 5 rings (SSSR count). The number of carbonyl (C=O) groups excluding carboxylic acids is 2. The Morgan fingerprint density at radius 2 is 1.90 bits per heavy atom. The quantitative estimate of drug-likeness (QED) is 0.250. The zero-order valence-electron chi connectivity index (χ0n) is 22.8. The summed E-state index contributed by atoms with van der Waals surface area (Å²) in [6.45, 7) is 1.07. The van der Waals surface area contributed by atoms with Crippen molar-refractivity contribution in [2.24, 2.45) is 5.92 Å². The van der Waals surface area contributed by atoms with E-state index in [1.54, 1.807) is 43.4 Å². The first-order chi connectivity index (χ1) is 19.8. The molecule has 212 valence electrons. The molecular formula is C31H31BrFN5O3. The summed E-state index contributed by atoms with van der Waals surface area (Å²) in [6.07, 6.45) is 4.08. The Hall–Kier alpha value is -4.18. The second-order valence-electron chi connectivity index (χ2n) is 10.2. The first kappa shape index (κ1) is 28.4. The van der Waals surface area contributed by atoms with E-state index in [0.29, 0.717) is 36.6 Å². The molecule has 1 aromatic heterocycles. The molecule has 3 aromatic carbocycles. The van der Waals surface area contributed by atoms with E-state index >= 15 is 0 Å². The summed E-state index contributed by atoms with van der Waals surface area (Å²) >= 11 is 3.40. The van der Waals surface area contributed by atoms with Gasteiger partial charge in [-0.15, -0.1) is 0 Å². The summed E-state index contributed by atoms with van der Waals surface area (Å²) in [5, 5.41) is 7.47. The summed E-state index contributed by atoms with van der Waals surface area (Å²) in [6, 6.07) is 21.1. The zero-order chi connectivity index (χ0) is 28.9. The van der Waals surface area contributed by atoms with Gasteiger partial charge in [-0.1, -0.05) is 46.3 Å². The number of nitrogens with zero attached hydrogens (tertiary/aromatic N) is 4. The molecule has 1 fully saturated rings. The van der Waals surface area contributed by atoms with Crippen LogP contribution in [-0.4, -0.2) is 52.2 Å². The normalized spacial score (nSPS) is 16.6. The van der Waals surface area contributed by atoms with Gasteiger partial charge < -0.3 is 19.9 Å². The van der Waals surface area contributed by atoms with Crippen molar-refractivity contribution >= 4 is 27.9 Å². The molecule has 0 radical (unpaired) electrons. The molecule has 1 aliphatic heterocycles. The summed E-state index contributed by atoms with van der Waals surface area (Å²) in [5.74, 6) is 0.544. The number of carbonyl (C=O) groups is 2. The predicted octanol–water partition coefficient (Wildman–Crippen LogP) is 5.99. The van der Waals surface area contributed by atoms with E-state index in [2.05, 4.69) is 26.3 Å². The minimum Gasteiger partial charge on any atom is -0.457 e. The highest BCUT2D eigenvalue weighted by molar-refractivity contribution is 9.10. The molecule has 3 amide bonds. The Morgan fingerprint density at radius 1 is 1.15 bits per heavy atom. The molecule has 0 aliphatic carbocycles. The van der Waals surface area contributed by atoms with Crippen molar-refractivity contribution in [3.05, 3.63) is 112 Å². The van der Waals surface area contributed by atoms with Crippen molar-refractivity contribution in [3.63, 3.8) is 0 Å². The SMILES string of the molecule is CN(Cc1cc(F)ccc1Oc1ccc(Br)cc1)C(=O)NC[C@@H]1CC(=O)N(C)[C@H]1c1cnn(Cc2ccccc2)c1. The maximum absolute atomic E-state index is 14.1. The number of rotatable bonds is 9. The third-order valence-corrected chi connectivity index (χ3v) is 7.74. The summed E-state index contributed by atoms with van der Waals surface area (Å²) in [5.41, 5.74) is 2.59. The highest BCUT2D eigenvalue weighted by atomic mass is 79.9. The van der Waals surface area contributed by atoms with Crippen molar-refractivity contribution in [1.82, 2.24) is 24.9 Å². The number of nitrogens with one attached hydrogen (secondary N) is 1. The van der Waals surface area contributed by atoms with Gasteiger partial charge in [0.1, 0.15) is 17.3 Å². The van der Waals surface area contributed by atoms with Gasteiger partial charge in [-0.2, -0.15) is 5.10 Å². The van der Waals surface area contributed by atoms with Crippen molar-refractivity contribution in [3.8, 4) is 11.5 Å². The fraction of sp³-hybridized carbons (Fsp3) is 0.258. The molecule has 2 heterocycles. The fourth-order valence-electron chi connectivity index (χ4n) is 5.10. The third kappa shape index (κ3) is 6.94. The zero-order valence-corrected chi connectivity index (χ0v) is 24.4. The Balaban J connectivity index is 1.22. The summed E-state index contributed by atoms with van der Waals surface area (Å²) < 4.78 is 22.9. The molecule has 0 unspecified atom stereocenters. The average molecular weight is 621 g/mol. The second-order valence-corrected chi connectivity index (χ2v) is 11.1. The van der Waals surface area contributed by atoms with Crippen molar-refractivity contribution in [2.75, 3.05) is 20.6 Å². The Morgan fingerprint density at radius 3 is 2.66 bits per heavy atom. The molecule has 2 atom stereocenters. The molecule has 8 nitrogen and oxygen atoms in total. The van der Waals surface area contributed by atoms with Gasteiger partial charge in [-0.3, -0.25) is 9.48 Å². The van der Waals surface area contributed by atoms with E-state index in [-0.39, 0.29) is 30.4 Å². The smallest absolute Gasteiger partial charge is 0.317 e.